The maximum absolute atomic E-state index is 11.7. The van der Waals surface area contributed by atoms with Gasteiger partial charge in [-0.25, -0.2) is 4.79 Å². The molecule has 1 amide bonds. The van der Waals surface area contributed by atoms with Gasteiger partial charge < -0.3 is 29.0 Å². The third-order valence-corrected chi connectivity index (χ3v) is 7.46. The van der Waals surface area contributed by atoms with E-state index in [2.05, 4.69) is 29.2 Å². The minimum Gasteiger partial charge on any atom is -0.496 e. The number of aromatic nitrogens is 1. The van der Waals surface area contributed by atoms with E-state index in [-0.39, 0.29) is 12.0 Å². The second-order valence-corrected chi connectivity index (χ2v) is 10.2. The van der Waals surface area contributed by atoms with Gasteiger partial charge in [-0.3, -0.25) is 4.98 Å². The molecule has 214 valence electrons. The Morgan fingerprint density at radius 2 is 1.85 bits per heavy atom. The van der Waals surface area contributed by atoms with Crippen LogP contribution in [0.25, 0.3) is 10.8 Å². The molecule has 0 aliphatic carbocycles. The van der Waals surface area contributed by atoms with Crippen molar-refractivity contribution in [3.63, 3.8) is 0 Å². The number of para-hydroxylation sites is 1. The van der Waals surface area contributed by atoms with Crippen molar-refractivity contribution in [3.05, 3.63) is 102 Å². The predicted octanol–water partition coefficient (Wildman–Crippen LogP) is 6.28. The molecule has 1 aliphatic rings. The fraction of sp³-hybridized carbons (Fsp3) is 0.333. The number of pyridine rings is 1. The first kappa shape index (κ1) is 28.4. The number of carboxylic acid groups (broad SMARTS) is 1. The molecule has 1 aromatic heterocycles. The molecule has 0 bridgehead atoms. The van der Waals surface area contributed by atoms with E-state index in [0.29, 0.717) is 45.9 Å². The van der Waals surface area contributed by atoms with Crippen LogP contribution in [0.5, 0.6) is 11.5 Å². The van der Waals surface area contributed by atoms with E-state index in [1.807, 2.05) is 54.7 Å². The Morgan fingerprint density at radius 3 is 2.68 bits per heavy atom. The molecule has 8 nitrogen and oxygen atoms in total. The average Bonchev–Trinajstić information content (AvgIpc) is 3.02. The summed E-state index contributed by atoms with van der Waals surface area (Å²) in [5, 5.41) is 11.8. The third-order valence-electron chi connectivity index (χ3n) is 7.46. The Hall–Kier alpha value is -4.14. The SMILES string of the molecule is COc1ccccc1COCCCOc1ccc(C2CCN(C(=O)O)CC2OCc2ccc3ccncc3c2)cc1. The second kappa shape index (κ2) is 14.0. The van der Waals surface area contributed by atoms with Crippen molar-refractivity contribution < 1.29 is 28.8 Å². The normalized spacial score (nSPS) is 17.0. The molecule has 2 atom stereocenters. The fourth-order valence-electron chi connectivity index (χ4n) is 5.23. The van der Waals surface area contributed by atoms with E-state index in [1.165, 1.54) is 4.90 Å². The molecule has 0 spiro atoms. The van der Waals surface area contributed by atoms with Gasteiger partial charge in [-0.15, -0.1) is 0 Å². The first-order valence-corrected chi connectivity index (χ1v) is 14.0. The van der Waals surface area contributed by atoms with E-state index >= 15 is 0 Å². The highest BCUT2D eigenvalue weighted by molar-refractivity contribution is 5.81. The molecular formula is C33H36N2O6. The number of ether oxygens (including phenoxy) is 4. The van der Waals surface area contributed by atoms with Crippen molar-refractivity contribution in [3.8, 4) is 11.5 Å². The van der Waals surface area contributed by atoms with Crippen LogP contribution >= 0.6 is 0 Å². The van der Waals surface area contributed by atoms with Gasteiger partial charge in [0.2, 0.25) is 0 Å². The van der Waals surface area contributed by atoms with Gasteiger partial charge in [-0.1, -0.05) is 42.5 Å². The molecule has 1 fully saturated rings. The number of rotatable bonds is 12. The van der Waals surface area contributed by atoms with Crippen molar-refractivity contribution in [1.29, 1.82) is 0 Å². The lowest BCUT2D eigenvalue weighted by molar-refractivity contribution is -0.0199. The van der Waals surface area contributed by atoms with Crippen molar-refractivity contribution in [2.75, 3.05) is 33.4 Å². The number of carbonyl (C=O) groups is 1. The van der Waals surface area contributed by atoms with Crippen LogP contribution in [-0.4, -0.2) is 60.6 Å². The molecule has 2 heterocycles. The highest BCUT2D eigenvalue weighted by atomic mass is 16.5. The predicted molar refractivity (Wildman–Crippen MR) is 156 cm³/mol. The van der Waals surface area contributed by atoms with Gasteiger partial charge in [0.05, 0.1) is 46.2 Å². The molecule has 41 heavy (non-hydrogen) atoms. The quantitative estimate of drug-likeness (QED) is 0.205. The highest BCUT2D eigenvalue weighted by Gasteiger charge is 2.33. The number of amides is 1. The Morgan fingerprint density at radius 1 is 1.00 bits per heavy atom. The Bertz CT molecular complexity index is 1430. The van der Waals surface area contributed by atoms with Gasteiger partial charge in [0, 0.05) is 42.2 Å². The molecule has 0 saturated carbocycles. The minimum atomic E-state index is -0.913. The molecule has 3 aromatic carbocycles. The summed E-state index contributed by atoms with van der Waals surface area (Å²) in [7, 11) is 1.66. The summed E-state index contributed by atoms with van der Waals surface area (Å²) < 4.78 is 23.5. The first-order valence-electron chi connectivity index (χ1n) is 14.0. The van der Waals surface area contributed by atoms with Gasteiger partial charge in [0.15, 0.2) is 0 Å². The van der Waals surface area contributed by atoms with Gasteiger partial charge >= 0.3 is 6.09 Å². The molecule has 0 radical (unpaired) electrons. The van der Waals surface area contributed by atoms with Crippen LogP contribution in [0.3, 0.4) is 0 Å². The van der Waals surface area contributed by atoms with Crippen LogP contribution in [0.1, 0.15) is 35.4 Å². The summed E-state index contributed by atoms with van der Waals surface area (Å²) in [6.45, 7) is 2.86. The van der Waals surface area contributed by atoms with Crippen LogP contribution in [-0.2, 0) is 22.7 Å². The number of hydrogen-bond donors (Lipinski definition) is 1. The van der Waals surface area contributed by atoms with Gasteiger partial charge in [0.1, 0.15) is 11.5 Å². The number of piperidine rings is 1. The van der Waals surface area contributed by atoms with Crippen molar-refractivity contribution in [2.45, 2.75) is 38.1 Å². The number of fused-ring (bicyclic) bond motifs is 1. The molecule has 1 aliphatic heterocycles. The lowest BCUT2D eigenvalue weighted by atomic mass is 9.87. The fourth-order valence-corrected chi connectivity index (χ4v) is 5.23. The molecule has 8 heteroatoms. The van der Waals surface area contributed by atoms with E-state index in [4.69, 9.17) is 18.9 Å². The summed E-state index contributed by atoms with van der Waals surface area (Å²) >= 11 is 0. The standard InChI is InChI=1S/C33H36N2O6/c1-38-31-6-3-2-5-27(31)23-39-17-4-18-40-29-11-9-26(10-12-29)30-14-16-35(33(36)37)21-32(30)41-22-24-7-8-25-13-15-34-20-28(25)19-24/h2-3,5-13,15,19-20,30,32H,4,14,16-18,21-23H2,1H3,(H,36,37). The summed E-state index contributed by atoms with van der Waals surface area (Å²) in [5.41, 5.74) is 3.18. The van der Waals surface area contributed by atoms with E-state index < -0.39 is 6.09 Å². The molecule has 1 N–H and O–H groups in total. The monoisotopic (exact) mass is 556 g/mol. The molecular weight excluding hydrogens is 520 g/mol. The number of hydrogen-bond acceptors (Lipinski definition) is 6. The molecule has 1 saturated heterocycles. The lowest BCUT2D eigenvalue weighted by Gasteiger charge is -2.37. The van der Waals surface area contributed by atoms with Crippen LogP contribution in [0.4, 0.5) is 4.79 Å². The summed E-state index contributed by atoms with van der Waals surface area (Å²) in [6.07, 6.45) is 3.92. The zero-order valence-corrected chi connectivity index (χ0v) is 23.3. The van der Waals surface area contributed by atoms with E-state index in [9.17, 15) is 9.90 Å². The molecule has 2 unspecified atom stereocenters. The molecule has 5 rings (SSSR count). The van der Waals surface area contributed by atoms with E-state index in [0.717, 1.165) is 45.4 Å². The highest BCUT2D eigenvalue weighted by Crippen LogP contribution is 2.32. The largest absolute Gasteiger partial charge is 0.496 e. The van der Waals surface area contributed by atoms with E-state index in [1.54, 1.807) is 13.3 Å². The van der Waals surface area contributed by atoms with Crippen LogP contribution in [0, 0.1) is 0 Å². The molecule has 4 aromatic rings. The van der Waals surface area contributed by atoms with Gasteiger partial charge in [-0.05, 0) is 53.3 Å². The Balaban J connectivity index is 1.13. The topological polar surface area (TPSA) is 90.4 Å². The third kappa shape index (κ3) is 7.54. The number of methoxy groups -OCH3 is 1. The first-order chi connectivity index (χ1) is 20.1. The summed E-state index contributed by atoms with van der Waals surface area (Å²) in [6, 6.07) is 24.1. The number of nitrogens with zero attached hydrogens (tertiary/aromatic N) is 2. The number of likely N-dealkylation sites (tertiary alicyclic amines) is 1. The van der Waals surface area contributed by atoms with Crippen LogP contribution in [0.2, 0.25) is 0 Å². The lowest BCUT2D eigenvalue weighted by Crippen LogP contribution is -2.46. The van der Waals surface area contributed by atoms with Crippen molar-refractivity contribution >= 4 is 16.9 Å². The summed E-state index contributed by atoms with van der Waals surface area (Å²) in [4.78, 5) is 17.4. The van der Waals surface area contributed by atoms with Crippen LogP contribution < -0.4 is 9.47 Å². The minimum absolute atomic E-state index is 0.0881. The van der Waals surface area contributed by atoms with Crippen molar-refractivity contribution in [2.24, 2.45) is 0 Å². The van der Waals surface area contributed by atoms with Gasteiger partial charge in [0.25, 0.3) is 0 Å². The average molecular weight is 557 g/mol. The van der Waals surface area contributed by atoms with Gasteiger partial charge in [-0.2, -0.15) is 0 Å². The van der Waals surface area contributed by atoms with Crippen molar-refractivity contribution in [1.82, 2.24) is 9.88 Å². The smallest absolute Gasteiger partial charge is 0.407 e. The van der Waals surface area contributed by atoms with Crippen LogP contribution in [0.15, 0.2) is 85.2 Å². The Kier molecular flexibility index (Phi) is 9.67. The Labute approximate surface area is 240 Å². The summed E-state index contributed by atoms with van der Waals surface area (Å²) in [5.74, 6) is 1.71. The maximum atomic E-state index is 11.7. The zero-order chi connectivity index (χ0) is 28.4. The maximum Gasteiger partial charge on any atom is 0.407 e. The number of benzene rings is 3. The second-order valence-electron chi connectivity index (χ2n) is 10.2. The zero-order valence-electron chi connectivity index (χ0n) is 23.3.